The molecule has 1 aromatic carbocycles. The molecule has 154 valence electrons. The van der Waals surface area contributed by atoms with Crippen molar-refractivity contribution < 1.29 is 39.6 Å². The molecular formula is C18H24N2O8. The number of aliphatic imine (C=N–C) groups is 2. The number of carboxylic acids is 2. The lowest BCUT2D eigenvalue weighted by Crippen LogP contribution is -2.03. The Morgan fingerprint density at radius 2 is 1.36 bits per heavy atom. The summed E-state index contributed by atoms with van der Waals surface area (Å²) in [6, 6.07) is 4.94. The number of hydrogen-bond acceptors (Lipinski definition) is 8. The summed E-state index contributed by atoms with van der Waals surface area (Å²) >= 11 is 0. The van der Waals surface area contributed by atoms with Gasteiger partial charge in [-0.1, -0.05) is 6.07 Å². The van der Waals surface area contributed by atoms with E-state index in [0.717, 1.165) is 0 Å². The molecule has 10 nitrogen and oxygen atoms in total. The molecule has 4 N–H and O–H groups in total. The fourth-order valence-corrected chi connectivity index (χ4v) is 1.50. The van der Waals surface area contributed by atoms with Crippen molar-refractivity contribution in [3.8, 4) is 0 Å². The number of aliphatic hydroxyl groups is 2. The summed E-state index contributed by atoms with van der Waals surface area (Å²) in [6.45, 7) is 3.10. The molecule has 0 radical (unpaired) electrons. The minimum absolute atomic E-state index is 0.0628. The van der Waals surface area contributed by atoms with Gasteiger partial charge in [-0.3, -0.25) is 9.59 Å². The first-order chi connectivity index (χ1) is 13.2. The number of isocyanates is 2. The third-order valence-electron chi connectivity index (χ3n) is 2.90. The van der Waals surface area contributed by atoms with E-state index in [2.05, 4.69) is 9.98 Å². The number of aliphatic hydroxyl groups excluding tert-OH is 2. The Hall–Kier alpha value is -3.16. The van der Waals surface area contributed by atoms with Crippen LogP contribution in [-0.2, 0) is 19.2 Å². The van der Waals surface area contributed by atoms with Crippen LogP contribution < -0.4 is 0 Å². The molecule has 0 amide bonds. The fraction of sp³-hybridized carbons (Fsp3) is 0.444. The monoisotopic (exact) mass is 396 g/mol. The first-order valence-electron chi connectivity index (χ1n) is 8.17. The van der Waals surface area contributed by atoms with E-state index in [1.165, 1.54) is 19.1 Å². The molecule has 1 rings (SSSR count). The van der Waals surface area contributed by atoms with Gasteiger partial charge in [0.2, 0.25) is 12.2 Å². The van der Waals surface area contributed by atoms with Crippen LogP contribution in [-0.4, -0.2) is 57.2 Å². The van der Waals surface area contributed by atoms with Crippen LogP contribution in [0.5, 0.6) is 0 Å². The van der Waals surface area contributed by atoms with Gasteiger partial charge in [0.15, 0.2) is 0 Å². The van der Waals surface area contributed by atoms with Crippen LogP contribution in [0.1, 0.15) is 38.2 Å². The van der Waals surface area contributed by atoms with Gasteiger partial charge in [-0.15, -0.1) is 0 Å². The minimum Gasteiger partial charge on any atom is -0.481 e. The van der Waals surface area contributed by atoms with Crippen molar-refractivity contribution in [1.29, 1.82) is 0 Å². The Morgan fingerprint density at radius 1 is 1.00 bits per heavy atom. The van der Waals surface area contributed by atoms with E-state index >= 15 is 0 Å². The van der Waals surface area contributed by atoms with Gasteiger partial charge >= 0.3 is 11.9 Å². The van der Waals surface area contributed by atoms with Gasteiger partial charge in [0.25, 0.3) is 0 Å². The highest BCUT2D eigenvalue weighted by atomic mass is 16.4. The Labute approximate surface area is 161 Å². The summed E-state index contributed by atoms with van der Waals surface area (Å²) in [6.07, 6.45) is 3.32. The van der Waals surface area contributed by atoms with Crippen LogP contribution in [0.15, 0.2) is 28.2 Å². The maximum atomic E-state index is 10.00. The van der Waals surface area contributed by atoms with E-state index in [1.807, 2.05) is 0 Å². The van der Waals surface area contributed by atoms with Crippen LogP contribution in [0.4, 0.5) is 11.4 Å². The molecule has 1 unspecified atom stereocenters. The highest BCUT2D eigenvalue weighted by Crippen LogP contribution is 2.26. The number of unbranched alkanes of at least 4 members (excludes halogenated alkanes) is 1. The van der Waals surface area contributed by atoms with Gasteiger partial charge in [-0.05, 0) is 38.8 Å². The second-order valence-electron chi connectivity index (χ2n) is 5.35. The van der Waals surface area contributed by atoms with Gasteiger partial charge < -0.3 is 20.4 Å². The predicted molar refractivity (Wildman–Crippen MR) is 99.2 cm³/mol. The van der Waals surface area contributed by atoms with Crippen LogP contribution in [0, 0.1) is 6.92 Å². The van der Waals surface area contributed by atoms with E-state index < -0.39 is 18.0 Å². The first-order valence-corrected chi connectivity index (χ1v) is 8.17. The summed E-state index contributed by atoms with van der Waals surface area (Å²) in [5.41, 5.74) is 1.59. The summed E-state index contributed by atoms with van der Waals surface area (Å²) in [5.74, 6) is -1.74. The van der Waals surface area contributed by atoms with Gasteiger partial charge in [-0.25, -0.2) is 9.59 Å². The third kappa shape index (κ3) is 16.3. The van der Waals surface area contributed by atoms with Gasteiger partial charge in [-0.2, -0.15) is 9.98 Å². The topological polar surface area (TPSA) is 174 Å². The van der Waals surface area contributed by atoms with E-state index in [1.54, 1.807) is 25.1 Å². The maximum absolute atomic E-state index is 10.00. The summed E-state index contributed by atoms with van der Waals surface area (Å²) in [5, 5.41) is 32.3. The number of carbonyl (C=O) groups is 2. The average molecular weight is 396 g/mol. The molecular weight excluding hydrogens is 372 g/mol. The molecule has 10 heteroatoms. The number of rotatable bonds is 8. The van der Waals surface area contributed by atoms with E-state index in [4.69, 9.17) is 20.4 Å². The molecule has 0 saturated heterocycles. The van der Waals surface area contributed by atoms with Crippen molar-refractivity contribution >= 4 is 35.5 Å². The van der Waals surface area contributed by atoms with Gasteiger partial charge in [0.05, 0.1) is 24.1 Å². The molecule has 1 atom stereocenters. The molecule has 0 aliphatic rings. The van der Waals surface area contributed by atoms with Crippen LogP contribution in [0.2, 0.25) is 0 Å². The second kappa shape index (κ2) is 17.3. The Balaban J connectivity index is 0. The van der Waals surface area contributed by atoms with Crippen LogP contribution in [0.25, 0.3) is 0 Å². The summed E-state index contributed by atoms with van der Waals surface area (Å²) in [4.78, 5) is 46.7. The molecule has 0 bridgehead atoms. The zero-order valence-corrected chi connectivity index (χ0v) is 15.7. The number of benzene rings is 1. The summed E-state index contributed by atoms with van der Waals surface area (Å²) < 4.78 is 0. The smallest absolute Gasteiger partial charge is 0.303 e. The molecule has 0 saturated carbocycles. The number of carboxylic acid groups (broad SMARTS) is 2. The largest absolute Gasteiger partial charge is 0.481 e. The lowest BCUT2D eigenvalue weighted by molar-refractivity contribution is -0.139. The Morgan fingerprint density at radius 3 is 1.61 bits per heavy atom. The zero-order valence-electron chi connectivity index (χ0n) is 15.7. The van der Waals surface area contributed by atoms with Crippen molar-refractivity contribution in [2.75, 3.05) is 6.61 Å². The van der Waals surface area contributed by atoms with E-state index in [0.29, 0.717) is 29.8 Å². The molecule has 0 fully saturated rings. The quantitative estimate of drug-likeness (QED) is 0.293. The second-order valence-corrected chi connectivity index (χ2v) is 5.35. The van der Waals surface area contributed by atoms with Crippen molar-refractivity contribution in [2.45, 2.75) is 45.6 Å². The summed E-state index contributed by atoms with van der Waals surface area (Å²) in [7, 11) is 0. The molecule has 0 heterocycles. The average Bonchev–Trinajstić information content (AvgIpc) is 2.63. The zero-order chi connectivity index (χ0) is 21.9. The van der Waals surface area contributed by atoms with Crippen LogP contribution in [0.3, 0.4) is 0 Å². The van der Waals surface area contributed by atoms with Crippen molar-refractivity contribution in [1.82, 2.24) is 0 Å². The maximum Gasteiger partial charge on any atom is 0.303 e. The lowest BCUT2D eigenvalue weighted by Gasteiger charge is -1.99. The highest BCUT2D eigenvalue weighted by Gasteiger charge is 2.01. The molecule has 28 heavy (non-hydrogen) atoms. The first kappa shape index (κ1) is 27.1. The molecule has 0 spiro atoms. The van der Waals surface area contributed by atoms with E-state index in [9.17, 15) is 19.2 Å². The molecule has 0 aliphatic carbocycles. The normalized spacial score (nSPS) is 9.86. The van der Waals surface area contributed by atoms with E-state index in [-0.39, 0.29) is 19.4 Å². The number of nitrogens with zero attached hydrogens (tertiary/aromatic N) is 2. The molecule has 1 aromatic rings. The lowest BCUT2D eigenvalue weighted by atomic mass is 10.1. The SMILES string of the molecule is CC(O)CO.Cc1c(N=C=O)cccc1N=C=O.O=C(O)CCCCC(=O)O. The number of aliphatic carboxylic acids is 2. The number of hydrogen-bond donors (Lipinski definition) is 4. The Kier molecular flexibility index (Phi) is 16.7. The van der Waals surface area contributed by atoms with Gasteiger partial charge in [0, 0.05) is 18.4 Å². The van der Waals surface area contributed by atoms with Crippen LogP contribution >= 0.6 is 0 Å². The van der Waals surface area contributed by atoms with Crippen molar-refractivity contribution in [3.63, 3.8) is 0 Å². The molecule has 0 aliphatic heterocycles. The Bertz CT molecular complexity index is 653. The molecule has 0 aromatic heterocycles. The minimum atomic E-state index is -0.870. The standard InChI is InChI=1S/C9H6N2O2.C6H10O4.C3H8O2/c1-7-8(10-5-12)3-2-4-9(7)11-6-13;7-5(8)3-1-2-4-6(9)10;1-3(5)2-4/h2-4H,1H3;1-4H2,(H,7,8)(H,9,10);3-5H,2H2,1H3. The van der Waals surface area contributed by atoms with Crippen molar-refractivity contribution in [2.24, 2.45) is 9.98 Å². The third-order valence-corrected chi connectivity index (χ3v) is 2.90. The predicted octanol–water partition coefficient (Wildman–Crippen LogP) is 2.01. The number of carbonyl (C=O) groups excluding carboxylic acids is 2. The fourth-order valence-electron chi connectivity index (χ4n) is 1.50. The van der Waals surface area contributed by atoms with Crippen molar-refractivity contribution in [3.05, 3.63) is 23.8 Å². The van der Waals surface area contributed by atoms with Gasteiger partial charge in [0.1, 0.15) is 0 Å². The highest BCUT2D eigenvalue weighted by molar-refractivity contribution is 5.68.